The standard InChI is InChI=1S/C15H24O3.C15H22O3.Cr/c2*1-14(2,3)9-7-10(13(17)18)12(16)11(8-9)15(4,5)6;/h7-8,13,16-18H,1-6H3;7-8,16H,1-6H3,(H,17,18);. The summed E-state index contributed by atoms with van der Waals surface area (Å²) in [4.78, 5) is 11.2. The van der Waals surface area contributed by atoms with E-state index in [1.165, 1.54) is 0 Å². The Labute approximate surface area is 233 Å². The van der Waals surface area contributed by atoms with Gasteiger partial charge in [0.1, 0.15) is 17.1 Å². The summed E-state index contributed by atoms with van der Waals surface area (Å²) in [7, 11) is 0. The molecule has 0 aliphatic rings. The van der Waals surface area contributed by atoms with Crippen LogP contribution in [0.4, 0.5) is 0 Å². The van der Waals surface area contributed by atoms with Gasteiger partial charge in [-0.1, -0.05) is 95.2 Å². The van der Waals surface area contributed by atoms with E-state index in [0.717, 1.165) is 16.7 Å². The number of rotatable bonds is 2. The number of phenols is 2. The van der Waals surface area contributed by atoms with Crippen LogP contribution < -0.4 is 0 Å². The maximum absolute atomic E-state index is 11.2. The first-order chi connectivity index (χ1) is 15.9. The van der Waals surface area contributed by atoms with E-state index in [2.05, 4.69) is 20.8 Å². The van der Waals surface area contributed by atoms with Gasteiger partial charge in [0.05, 0.1) is 0 Å². The fraction of sp³-hybridized carbons (Fsp3) is 0.567. The number of benzene rings is 2. The SMILES string of the molecule is CC(C)(C)c1cc(C(=O)O)c(O)c(C(C)(C)C)c1.CC(C)(C)c1cc(C(O)O)c(O)c(C(C)(C)C)c1.[Cr]. The molecular formula is C30H46CrO6. The number of carbonyl (C=O) groups is 1. The smallest absolute Gasteiger partial charge is 0.339 e. The average molecular weight is 555 g/mol. The third-order valence-electron chi connectivity index (χ3n) is 6.11. The molecule has 208 valence electrons. The van der Waals surface area contributed by atoms with Crippen LogP contribution in [-0.4, -0.2) is 31.5 Å². The van der Waals surface area contributed by atoms with Gasteiger partial charge in [-0.25, -0.2) is 4.79 Å². The van der Waals surface area contributed by atoms with Gasteiger partial charge in [-0.05, 0) is 50.5 Å². The molecule has 0 bridgehead atoms. The molecule has 0 heterocycles. The van der Waals surface area contributed by atoms with Crippen LogP contribution in [0.15, 0.2) is 24.3 Å². The maximum atomic E-state index is 11.2. The van der Waals surface area contributed by atoms with Gasteiger partial charge in [-0.3, -0.25) is 0 Å². The van der Waals surface area contributed by atoms with E-state index in [1.54, 1.807) is 12.1 Å². The summed E-state index contributed by atoms with van der Waals surface area (Å²) >= 11 is 0. The van der Waals surface area contributed by atoms with Crippen LogP contribution in [0, 0.1) is 0 Å². The van der Waals surface area contributed by atoms with Crippen LogP contribution in [0.25, 0.3) is 0 Å². The largest absolute Gasteiger partial charge is 0.507 e. The van der Waals surface area contributed by atoms with Crippen molar-refractivity contribution in [3.05, 3.63) is 57.6 Å². The van der Waals surface area contributed by atoms with Crippen LogP contribution in [0.1, 0.15) is 128 Å². The number of phenolic OH excluding ortho intramolecular Hbond substituents is 1. The molecule has 0 radical (unpaired) electrons. The number of carboxylic acids is 1. The first kappa shape index (κ1) is 35.0. The van der Waals surface area contributed by atoms with Gasteiger partial charge in [0.2, 0.25) is 0 Å². The van der Waals surface area contributed by atoms with Gasteiger partial charge in [-0.15, -0.1) is 0 Å². The molecule has 0 spiro atoms. The van der Waals surface area contributed by atoms with Crippen molar-refractivity contribution in [2.24, 2.45) is 0 Å². The quantitative estimate of drug-likeness (QED) is 0.265. The Kier molecular flexibility index (Phi) is 11.1. The van der Waals surface area contributed by atoms with Crippen LogP contribution in [-0.2, 0) is 39.0 Å². The Bertz CT molecular complexity index is 1090. The van der Waals surface area contributed by atoms with Crippen LogP contribution in [0.5, 0.6) is 11.5 Å². The monoisotopic (exact) mass is 554 g/mol. The molecule has 0 aliphatic carbocycles. The fourth-order valence-corrected chi connectivity index (χ4v) is 3.66. The first-order valence-corrected chi connectivity index (χ1v) is 12.2. The number of aromatic hydroxyl groups is 2. The van der Waals surface area contributed by atoms with Crippen LogP contribution in [0.3, 0.4) is 0 Å². The van der Waals surface area contributed by atoms with E-state index in [0.29, 0.717) is 5.56 Å². The molecule has 0 atom stereocenters. The Balaban J connectivity index is 0.000000682. The Morgan fingerprint density at radius 2 is 0.973 bits per heavy atom. The van der Waals surface area contributed by atoms with Gasteiger partial charge in [0.15, 0.2) is 6.29 Å². The number of carboxylic acid groups (broad SMARTS) is 1. The second-order valence-electron chi connectivity index (χ2n) is 13.6. The van der Waals surface area contributed by atoms with E-state index >= 15 is 0 Å². The molecule has 0 unspecified atom stereocenters. The van der Waals surface area contributed by atoms with Crippen molar-refractivity contribution < 1.29 is 47.7 Å². The van der Waals surface area contributed by atoms with Crippen molar-refractivity contribution in [1.29, 1.82) is 0 Å². The van der Waals surface area contributed by atoms with E-state index in [-0.39, 0.29) is 61.6 Å². The van der Waals surface area contributed by atoms with Gasteiger partial charge in [0, 0.05) is 28.5 Å². The fourth-order valence-electron chi connectivity index (χ4n) is 3.66. The molecular weight excluding hydrogens is 508 g/mol. The number of hydrogen-bond acceptors (Lipinski definition) is 5. The first-order valence-electron chi connectivity index (χ1n) is 12.2. The summed E-state index contributed by atoms with van der Waals surface area (Å²) < 4.78 is 0. The van der Waals surface area contributed by atoms with Crippen molar-refractivity contribution in [3.8, 4) is 11.5 Å². The minimum atomic E-state index is -1.66. The third kappa shape index (κ3) is 9.04. The summed E-state index contributed by atoms with van der Waals surface area (Å²) in [6, 6.07) is 7.07. The Morgan fingerprint density at radius 3 is 1.27 bits per heavy atom. The van der Waals surface area contributed by atoms with E-state index in [4.69, 9.17) is 0 Å². The number of aromatic carboxylic acids is 1. The molecule has 0 aromatic heterocycles. The summed E-state index contributed by atoms with van der Waals surface area (Å²) in [6.45, 7) is 24.1. The molecule has 0 aliphatic heterocycles. The summed E-state index contributed by atoms with van der Waals surface area (Å²) in [5.74, 6) is -1.24. The van der Waals surface area contributed by atoms with Crippen molar-refractivity contribution in [2.45, 2.75) is 111 Å². The second-order valence-corrected chi connectivity index (χ2v) is 13.6. The topological polar surface area (TPSA) is 118 Å². The van der Waals surface area contributed by atoms with E-state index in [1.807, 2.05) is 74.4 Å². The number of aliphatic hydroxyl groups is 2. The van der Waals surface area contributed by atoms with Gasteiger partial charge >= 0.3 is 5.97 Å². The molecule has 2 rings (SSSR count). The molecule has 7 heteroatoms. The normalized spacial score (nSPS) is 12.5. The minimum absolute atomic E-state index is 0. The molecule has 0 saturated heterocycles. The predicted octanol–water partition coefficient (Wildman–Crippen LogP) is 6.65. The predicted molar refractivity (Wildman–Crippen MR) is 145 cm³/mol. The zero-order valence-corrected chi connectivity index (χ0v) is 25.7. The van der Waals surface area contributed by atoms with Crippen molar-refractivity contribution in [3.63, 3.8) is 0 Å². The Morgan fingerprint density at radius 1 is 0.622 bits per heavy atom. The minimum Gasteiger partial charge on any atom is -0.507 e. The van der Waals surface area contributed by atoms with Crippen molar-refractivity contribution in [1.82, 2.24) is 0 Å². The molecule has 5 N–H and O–H groups in total. The molecule has 37 heavy (non-hydrogen) atoms. The molecule has 0 fully saturated rings. The third-order valence-corrected chi connectivity index (χ3v) is 6.11. The van der Waals surface area contributed by atoms with Crippen molar-refractivity contribution >= 4 is 5.97 Å². The van der Waals surface area contributed by atoms with Crippen LogP contribution in [0.2, 0.25) is 0 Å². The maximum Gasteiger partial charge on any atom is 0.339 e. The Hall–Kier alpha value is -2.04. The average Bonchev–Trinajstić information content (AvgIpc) is 2.64. The van der Waals surface area contributed by atoms with Crippen molar-refractivity contribution in [2.75, 3.05) is 0 Å². The summed E-state index contributed by atoms with van der Waals surface area (Å²) in [6.07, 6.45) is -1.66. The molecule has 0 amide bonds. The van der Waals surface area contributed by atoms with Gasteiger partial charge in [-0.2, -0.15) is 0 Å². The molecule has 2 aromatic rings. The molecule has 6 nitrogen and oxygen atoms in total. The van der Waals surface area contributed by atoms with Gasteiger partial charge in [0.25, 0.3) is 0 Å². The molecule has 0 saturated carbocycles. The van der Waals surface area contributed by atoms with Gasteiger partial charge < -0.3 is 25.5 Å². The van der Waals surface area contributed by atoms with E-state index in [9.17, 15) is 30.3 Å². The molecule has 2 aromatic carbocycles. The zero-order chi connectivity index (χ0) is 28.6. The number of aliphatic hydroxyl groups excluding tert-OH is 1. The summed E-state index contributed by atoms with van der Waals surface area (Å²) in [5.41, 5.74) is 2.64. The summed E-state index contributed by atoms with van der Waals surface area (Å²) in [5, 5.41) is 48.2. The zero-order valence-electron chi connectivity index (χ0n) is 24.4. The van der Waals surface area contributed by atoms with Crippen LogP contribution >= 0.6 is 0 Å². The number of hydrogen-bond donors (Lipinski definition) is 5. The second kappa shape index (κ2) is 11.8. The van der Waals surface area contributed by atoms with E-state index < -0.39 is 12.3 Å².